The van der Waals surface area contributed by atoms with Crippen molar-refractivity contribution in [2.45, 2.75) is 44.1 Å². The lowest BCUT2D eigenvalue weighted by atomic mass is 10.1. The molecule has 1 saturated carbocycles. The van der Waals surface area contributed by atoms with Crippen molar-refractivity contribution in [2.24, 2.45) is 0 Å². The smallest absolute Gasteiger partial charge is 0.226 e. The Balaban J connectivity index is 1.35. The van der Waals surface area contributed by atoms with Crippen LogP contribution < -0.4 is 5.32 Å². The number of hydrogen-bond donors (Lipinski definition) is 2. The van der Waals surface area contributed by atoms with Crippen molar-refractivity contribution in [2.75, 3.05) is 6.54 Å². The van der Waals surface area contributed by atoms with Crippen LogP contribution in [0.1, 0.15) is 55.0 Å². The first kappa shape index (κ1) is 16.9. The maximum atomic E-state index is 11.8. The lowest BCUT2D eigenvalue weighted by Gasteiger charge is -2.12. The predicted octanol–water partition coefficient (Wildman–Crippen LogP) is 2.77. The van der Waals surface area contributed by atoms with Gasteiger partial charge in [0.1, 0.15) is 0 Å². The minimum absolute atomic E-state index is 0.107. The van der Waals surface area contributed by atoms with Crippen molar-refractivity contribution < 1.29 is 14.4 Å². The van der Waals surface area contributed by atoms with E-state index in [1.54, 1.807) is 24.3 Å². The molecule has 0 spiro atoms. The number of halogens is 1. The number of aliphatic hydroxyl groups is 1. The molecule has 0 radical (unpaired) electrons. The number of amides is 1. The van der Waals surface area contributed by atoms with Crippen molar-refractivity contribution in [3.8, 4) is 0 Å². The van der Waals surface area contributed by atoms with E-state index in [1.165, 1.54) is 0 Å². The summed E-state index contributed by atoms with van der Waals surface area (Å²) >= 11 is 5.81. The molecule has 1 fully saturated rings. The Morgan fingerprint density at radius 3 is 2.83 bits per heavy atom. The van der Waals surface area contributed by atoms with Gasteiger partial charge in [-0.05, 0) is 37.0 Å². The minimum Gasteiger partial charge on any atom is -0.387 e. The SMILES string of the molecule is O=C(CCCc1nc(C2CC2)no1)NCC(O)c1ccc(Cl)cc1. The Kier molecular flexibility index (Phi) is 5.48. The predicted molar refractivity (Wildman–Crippen MR) is 88.6 cm³/mol. The average molecular weight is 350 g/mol. The third-order valence-electron chi connectivity index (χ3n) is 3.97. The highest BCUT2D eigenvalue weighted by Gasteiger charge is 2.28. The van der Waals surface area contributed by atoms with Crippen LogP contribution in [0.25, 0.3) is 0 Å². The monoisotopic (exact) mass is 349 g/mol. The first-order valence-corrected chi connectivity index (χ1v) is 8.52. The molecule has 128 valence electrons. The van der Waals surface area contributed by atoms with Crippen molar-refractivity contribution in [3.63, 3.8) is 0 Å². The van der Waals surface area contributed by atoms with Crippen LogP contribution in [0.5, 0.6) is 0 Å². The number of rotatable bonds is 8. The molecular formula is C17H20ClN3O3. The Morgan fingerprint density at radius 2 is 2.12 bits per heavy atom. The molecule has 2 aromatic rings. The number of aliphatic hydroxyl groups excluding tert-OH is 1. The van der Waals surface area contributed by atoms with Crippen LogP contribution in [-0.2, 0) is 11.2 Å². The minimum atomic E-state index is -0.747. The van der Waals surface area contributed by atoms with Gasteiger partial charge in [-0.25, -0.2) is 0 Å². The molecular weight excluding hydrogens is 330 g/mol. The number of aryl methyl sites for hydroxylation is 1. The maximum absolute atomic E-state index is 11.8. The summed E-state index contributed by atoms with van der Waals surface area (Å²) in [5, 5.41) is 17.3. The molecule has 1 atom stereocenters. The molecule has 1 aliphatic rings. The molecule has 2 N–H and O–H groups in total. The average Bonchev–Trinajstić information content (AvgIpc) is 3.33. The number of hydrogen-bond acceptors (Lipinski definition) is 5. The Hall–Kier alpha value is -1.92. The number of benzene rings is 1. The van der Waals surface area contributed by atoms with Gasteiger partial charge < -0.3 is 14.9 Å². The molecule has 1 aromatic carbocycles. The fraction of sp³-hybridized carbons (Fsp3) is 0.471. The zero-order valence-corrected chi connectivity index (χ0v) is 14.0. The molecule has 6 nitrogen and oxygen atoms in total. The zero-order chi connectivity index (χ0) is 16.9. The highest BCUT2D eigenvalue weighted by Crippen LogP contribution is 2.38. The van der Waals surface area contributed by atoms with E-state index in [2.05, 4.69) is 15.5 Å². The van der Waals surface area contributed by atoms with Gasteiger partial charge in [0.25, 0.3) is 0 Å². The van der Waals surface area contributed by atoms with E-state index >= 15 is 0 Å². The topological polar surface area (TPSA) is 88.2 Å². The maximum Gasteiger partial charge on any atom is 0.226 e. The molecule has 7 heteroatoms. The summed E-state index contributed by atoms with van der Waals surface area (Å²) in [5.41, 5.74) is 0.721. The fourth-order valence-corrected chi connectivity index (χ4v) is 2.50. The third kappa shape index (κ3) is 4.79. The Morgan fingerprint density at radius 1 is 1.38 bits per heavy atom. The summed E-state index contributed by atoms with van der Waals surface area (Å²) in [4.78, 5) is 16.2. The van der Waals surface area contributed by atoms with E-state index < -0.39 is 6.10 Å². The molecule has 0 bridgehead atoms. The van der Waals surface area contributed by atoms with Crippen LogP contribution >= 0.6 is 11.6 Å². The van der Waals surface area contributed by atoms with Gasteiger partial charge in [-0.1, -0.05) is 28.9 Å². The molecule has 3 rings (SSSR count). The second kappa shape index (κ2) is 7.77. The van der Waals surface area contributed by atoms with Gasteiger partial charge in [0.2, 0.25) is 11.8 Å². The molecule has 0 aliphatic heterocycles. The first-order chi connectivity index (χ1) is 11.6. The van der Waals surface area contributed by atoms with Gasteiger partial charge in [0, 0.05) is 30.3 Å². The number of carbonyl (C=O) groups excluding carboxylic acids is 1. The number of nitrogens with zero attached hydrogens (tertiary/aromatic N) is 2. The Bertz CT molecular complexity index is 683. The number of nitrogens with one attached hydrogen (secondary N) is 1. The van der Waals surface area contributed by atoms with E-state index in [0.29, 0.717) is 36.1 Å². The largest absolute Gasteiger partial charge is 0.387 e. The summed E-state index contributed by atoms with van der Waals surface area (Å²) in [5.74, 6) is 1.75. The fourth-order valence-electron chi connectivity index (χ4n) is 2.38. The quantitative estimate of drug-likeness (QED) is 0.765. The zero-order valence-electron chi connectivity index (χ0n) is 13.2. The molecule has 1 aromatic heterocycles. The second-order valence-electron chi connectivity index (χ2n) is 6.05. The molecule has 1 heterocycles. The summed E-state index contributed by atoms with van der Waals surface area (Å²) in [6.45, 7) is 0.173. The standard InChI is InChI=1S/C17H20ClN3O3/c18-13-8-6-11(7-9-13)14(22)10-19-15(23)2-1-3-16-20-17(21-24-16)12-4-5-12/h6-9,12,14,22H,1-5,10H2,(H,19,23). The van der Waals surface area contributed by atoms with E-state index in [-0.39, 0.29) is 12.5 Å². The van der Waals surface area contributed by atoms with Crippen molar-refractivity contribution in [1.82, 2.24) is 15.5 Å². The summed E-state index contributed by atoms with van der Waals surface area (Å²) in [7, 11) is 0. The first-order valence-electron chi connectivity index (χ1n) is 8.14. The summed E-state index contributed by atoms with van der Waals surface area (Å²) in [6.07, 6.45) is 3.11. The van der Waals surface area contributed by atoms with Crippen LogP contribution in [-0.4, -0.2) is 27.7 Å². The number of carbonyl (C=O) groups is 1. The number of aromatic nitrogens is 2. The highest BCUT2D eigenvalue weighted by molar-refractivity contribution is 6.30. The molecule has 1 unspecified atom stereocenters. The summed E-state index contributed by atoms with van der Waals surface area (Å²) in [6, 6.07) is 6.91. The molecule has 24 heavy (non-hydrogen) atoms. The highest BCUT2D eigenvalue weighted by atomic mass is 35.5. The molecule has 0 saturated heterocycles. The van der Waals surface area contributed by atoms with Gasteiger partial charge in [-0.2, -0.15) is 4.98 Å². The van der Waals surface area contributed by atoms with Crippen molar-refractivity contribution in [1.29, 1.82) is 0 Å². The third-order valence-corrected chi connectivity index (χ3v) is 4.22. The van der Waals surface area contributed by atoms with Gasteiger partial charge in [0.05, 0.1) is 6.10 Å². The van der Waals surface area contributed by atoms with Crippen LogP contribution in [0.3, 0.4) is 0 Å². The van der Waals surface area contributed by atoms with E-state index in [4.69, 9.17) is 16.1 Å². The lowest BCUT2D eigenvalue weighted by Crippen LogP contribution is -2.28. The van der Waals surface area contributed by atoms with Crippen LogP contribution in [0.2, 0.25) is 5.02 Å². The van der Waals surface area contributed by atoms with Gasteiger partial charge >= 0.3 is 0 Å². The molecule has 1 aliphatic carbocycles. The Labute approximate surface area is 145 Å². The van der Waals surface area contributed by atoms with Crippen molar-refractivity contribution in [3.05, 3.63) is 46.6 Å². The van der Waals surface area contributed by atoms with E-state index in [1.807, 2.05) is 0 Å². The van der Waals surface area contributed by atoms with Crippen LogP contribution in [0.4, 0.5) is 0 Å². The van der Waals surface area contributed by atoms with Gasteiger partial charge in [0.15, 0.2) is 5.82 Å². The van der Waals surface area contributed by atoms with Gasteiger partial charge in [-0.3, -0.25) is 4.79 Å². The summed E-state index contributed by atoms with van der Waals surface area (Å²) < 4.78 is 5.17. The van der Waals surface area contributed by atoms with Crippen molar-refractivity contribution >= 4 is 17.5 Å². The normalized spacial score (nSPS) is 15.2. The van der Waals surface area contributed by atoms with Crippen LogP contribution in [0.15, 0.2) is 28.8 Å². The second-order valence-corrected chi connectivity index (χ2v) is 6.48. The van der Waals surface area contributed by atoms with Crippen LogP contribution in [0, 0.1) is 0 Å². The van der Waals surface area contributed by atoms with E-state index in [0.717, 1.165) is 24.2 Å². The van der Waals surface area contributed by atoms with E-state index in [9.17, 15) is 9.90 Å². The van der Waals surface area contributed by atoms with Gasteiger partial charge in [-0.15, -0.1) is 0 Å². The molecule has 1 amide bonds. The lowest BCUT2D eigenvalue weighted by molar-refractivity contribution is -0.121.